The summed E-state index contributed by atoms with van der Waals surface area (Å²) in [6.07, 6.45) is 7.18. The number of aromatic nitrogens is 2. The van der Waals surface area contributed by atoms with Crippen molar-refractivity contribution in [2.24, 2.45) is 5.92 Å². The highest BCUT2D eigenvalue weighted by Crippen LogP contribution is 2.36. The van der Waals surface area contributed by atoms with Crippen molar-refractivity contribution in [3.05, 3.63) is 42.0 Å². The fourth-order valence-electron chi connectivity index (χ4n) is 2.25. The molecule has 0 aliphatic heterocycles. The molecule has 4 nitrogen and oxygen atoms in total. The Labute approximate surface area is 136 Å². The molecule has 0 N–H and O–H groups in total. The fourth-order valence-corrected chi connectivity index (χ4v) is 2.25. The first kappa shape index (κ1) is 15.4. The standard InChI is InChI=1S/C19H20N2O2/c1-13(2)17-9-18(22-3)15(7-6-14-4-5-14)8-19(17)23-16-10-20-12-21-11-16/h8-14H,4-5H2,1-3H3. The molecule has 0 radical (unpaired) electrons. The monoisotopic (exact) mass is 308 g/mol. The van der Waals surface area contributed by atoms with Crippen molar-refractivity contribution in [1.82, 2.24) is 9.97 Å². The number of hydrogen-bond donors (Lipinski definition) is 0. The molecule has 0 atom stereocenters. The summed E-state index contributed by atoms with van der Waals surface area (Å²) in [5.41, 5.74) is 1.93. The second kappa shape index (κ2) is 6.70. The van der Waals surface area contributed by atoms with Gasteiger partial charge < -0.3 is 9.47 Å². The number of nitrogens with zero attached hydrogens (tertiary/aromatic N) is 2. The van der Waals surface area contributed by atoms with Crippen LogP contribution in [0.4, 0.5) is 0 Å². The lowest BCUT2D eigenvalue weighted by Gasteiger charge is -2.16. The van der Waals surface area contributed by atoms with Crippen LogP contribution in [0, 0.1) is 17.8 Å². The molecule has 1 aliphatic carbocycles. The van der Waals surface area contributed by atoms with Crippen LogP contribution in [0.1, 0.15) is 43.7 Å². The molecule has 0 bridgehead atoms. The number of ether oxygens (including phenoxy) is 2. The van der Waals surface area contributed by atoms with Crippen molar-refractivity contribution in [1.29, 1.82) is 0 Å². The van der Waals surface area contributed by atoms with Gasteiger partial charge in [0.15, 0.2) is 5.75 Å². The van der Waals surface area contributed by atoms with Crippen LogP contribution in [0.5, 0.6) is 17.2 Å². The Morgan fingerprint density at radius 3 is 2.48 bits per heavy atom. The number of hydrogen-bond acceptors (Lipinski definition) is 4. The normalized spacial score (nSPS) is 13.4. The average molecular weight is 308 g/mol. The zero-order valence-electron chi connectivity index (χ0n) is 13.7. The predicted molar refractivity (Wildman–Crippen MR) is 88.8 cm³/mol. The van der Waals surface area contributed by atoms with E-state index >= 15 is 0 Å². The molecule has 2 aromatic rings. The molecular formula is C19H20N2O2. The van der Waals surface area contributed by atoms with E-state index in [2.05, 4.69) is 35.7 Å². The smallest absolute Gasteiger partial charge is 0.164 e. The van der Waals surface area contributed by atoms with Crippen LogP contribution >= 0.6 is 0 Å². The van der Waals surface area contributed by atoms with E-state index in [1.54, 1.807) is 19.5 Å². The van der Waals surface area contributed by atoms with Crippen LogP contribution in [0.25, 0.3) is 0 Å². The van der Waals surface area contributed by atoms with Crippen molar-refractivity contribution in [3.63, 3.8) is 0 Å². The van der Waals surface area contributed by atoms with Gasteiger partial charge in [-0.25, -0.2) is 9.97 Å². The van der Waals surface area contributed by atoms with E-state index in [-0.39, 0.29) is 0 Å². The number of rotatable bonds is 4. The summed E-state index contributed by atoms with van der Waals surface area (Å²) in [5.74, 6) is 9.52. The summed E-state index contributed by atoms with van der Waals surface area (Å²) in [4.78, 5) is 7.98. The van der Waals surface area contributed by atoms with E-state index in [1.807, 2.05) is 12.1 Å². The third kappa shape index (κ3) is 3.81. The second-order valence-corrected chi connectivity index (χ2v) is 5.96. The topological polar surface area (TPSA) is 44.2 Å². The van der Waals surface area contributed by atoms with Gasteiger partial charge in [-0.3, -0.25) is 0 Å². The maximum Gasteiger partial charge on any atom is 0.164 e. The molecule has 1 fully saturated rings. The van der Waals surface area contributed by atoms with Gasteiger partial charge in [0.2, 0.25) is 0 Å². The third-order valence-corrected chi connectivity index (χ3v) is 3.71. The van der Waals surface area contributed by atoms with Crippen LogP contribution in [-0.2, 0) is 0 Å². The summed E-state index contributed by atoms with van der Waals surface area (Å²) in [6.45, 7) is 4.25. The molecule has 1 aromatic heterocycles. The molecule has 0 unspecified atom stereocenters. The first-order chi connectivity index (χ1) is 11.2. The third-order valence-electron chi connectivity index (χ3n) is 3.71. The average Bonchev–Trinajstić information content (AvgIpc) is 3.38. The highest BCUT2D eigenvalue weighted by Gasteiger charge is 2.19. The molecule has 3 rings (SSSR count). The van der Waals surface area contributed by atoms with E-state index in [0.29, 0.717) is 17.6 Å². The lowest BCUT2D eigenvalue weighted by molar-refractivity contribution is 0.409. The van der Waals surface area contributed by atoms with Crippen LogP contribution in [0.3, 0.4) is 0 Å². The molecule has 4 heteroatoms. The Hall–Kier alpha value is -2.54. The Kier molecular flexibility index (Phi) is 4.47. The van der Waals surface area contributed by atoms with Crippen LogP contribution in [-0.4, -0.2) is 17.1 Å². The summed E-state index contributed by atoms with van der Waals surface area (Å²) < 4.78 is 11.5. The highest BCUT2D eigenvalue weighted by molar-refractivity contribution is 5.55. The summed E-state index contributed by atoms with van der Waals surface area (Å²) in [5, 5.41) is 0. The van der Waals surface area contributed by atoms with Gasteiger partial charge in [0.05, 0.1) is 25.1 Å². The lowest BCUT2D eigenvalue weighted by Crippen LogP contribution is -1.98. The minimum absolute atomic E-state index is 0.300. The van der Waals surface area contributed by atoms with Crippen molar-refractivity contribution >= 4 is 0 Å². The Bertz CT molecular complexity index is 741. The van der Waals surface area contributed by atoms with Gasteiger partial charge >= 0.3 is 0 Å². The van der Waals surface area contributed by atoms with Crippen LogP contribution in [0.15, 0.2) is 30.9 Å². The van der Waals surface area contributed by atoms with E-state index in [0.717, 1.165) is 22.6 Å². The summed E-state index contributed by atoms with van der Waals surface area (Å²) in [6, 6.07) is 3.97. The second-order valence-electron chi connectivity index (χ2n) is 5.96. The van der Waals surface area contributed by atoms with E-state index in [9.17, 15) is 0 Å². The molecule has 1 heterocycles. The zero-order chi connectivity index (χ0) is 16.2. The van der Waals surface area contributed by atoms with E-state index in [4.69, 9.17) is 9.47 Å². The van der Waals surface area contributed by atoms with Crippen molar-refractivity contribution in [3.8, 4) is 29.1 Å². The van der Waals surface area contributed by atoms with Gasteiger partial charge in [0.1, 0.15) is 17.8 Å². The van der Waals surface area contributed by atoms with Crippen molar-refractivity contribution in [2.45, 2.75) is 32.6 Å². The quantitative estimate of drug-likeness (QED) is 0.795. The first-order valence-electron chi connectivity index (χ1n) is 7.83. The SMILES string of the molecule is COc1cc(C(C)C)c(Oc2cncnc2)cc1C#CC1CC1. The van der Waals surface area contributed by atoms with Gasteiger partial charge in [0.25, 0.3) is 0 Å². The van der Waals surface area contributed by atoms with E-state index in [1.165, 1.54) is 19.2 Å². The minimum atomic E-state index is 0.300. The molecule has 1 aliphatic rings. The van der Waals surface area contributed by atoms with Gasteiger partial charge in [-0.1, -0.05) is 25.7 Å². The summed E-state index contributed by atoms with van der Waals surface area (Å²) >= 11 is 0. The van der Waals surface area contributed by atoms with Gasteiger partial charge in [-0.15, -0.1) is 0 Å². The molecule has 0 saturated heterocycles. The zero-order valence-corrected chi connectivity index (χ0v) is 13.7. The van der Waals surface area contributed by atoms with Crippen LogP contribution < -0.4 is 9.47 Å². The van der Waals surface area contributed by atoms with Gasteiger partial charge in [-0.2, -0.15) is 0 Å². The maximum atomic E-state index is 5.99. The number of methoxy groups -OCH3 is 1. The van der Waals surface area contributed by atoms with Crippen LogP contribution in [0.2, 0.25) is 0 Å². The molecule has 1 saturated carbocycles. The molecule has 118 valence electrons. The molecule has 0 spiro atoms. The Balaban J connectivity index is 2.01. The molecule has 0 amide bonds. The summed E-state index contributed by atoms with van der Waals surface area (Å²) in [7, 11) is 1.67. The van der Waals surface area contributed by atoms with E-state index < -0.39 is 0 Å². The largest absolute Gasteiger partial charge is 0.495 e. The first-order valence-corrected chi connectivity index (χ1v) is 7.83. The van der Waals surface area contributed by atoms with Gasteiger partial charge in [-0.05, 0) is 24.8 Å². The Morgan fingerprint density at radius 2 is 1.87 bits per heavy atom. The Morgan fingerprint density at radius 1 is 1.13 bits per heavy atom. The molecule has 23 heavy (non-hydrogen) atoms. The lowest BCUT2D eigenvalue weighted by atomic mass is 9.99. The maximum absolute atomic E-state index is 5.99. The predicted octanol–water partition coefficient (Wildman–Crippen LogP) is 4.16. The fraction of sp³-hybridized carbons (Fsp3) is 0.368. The minimum Gasteiger partial charge on any atom is -0.495 e. The van der Waals surface area contributed by atoms with Gasteiger partial charge in [0, 0.05) is 17.5 Å². The van der Waals surface area contributed by atoms with Crippen molar-refractivity contribution in [2.75, 3.05) is 7.11 Å². The number of benzene rings is 1. The highest BCUT2D eigenvalue weighted by atomic mass is 16.5. The van der Waals surface area contributed by atoms with Crippen molar-refractivity contribution < 1.29 is 9.47 Å². The molecular weight excluding hydrogens is 288 g/mol. The molecule has 1 aromatic carbocycles.